The van der Waals surface area contributed by atoms with Gasteiger partial charge in [-0.15, -0.1) is 18.2 Å². The van der Waals surface area contributed by atoms with E-state index in [1.54, 1.807) is 6.08 Å². The highest BCUT2D eigenvalue weighted by Crippen LogP contribution is 2.34. The van der Waals surface area contributed by atoms with Crippen molar-refractivity contribution in [2.45, 2.75) is 19.8 Å². The lowest BCUT2D eigenvalue weighted by Gasteiger charge is -2.20. The molecule has 1 rings (SSSR count). The highest BCUT2D eigenvalue weighted by Gasteiger charge is 2.24. The number of carbonyl (C=O) groups excluding carboxylic acids is 1. The number of carbonyl (C=O) groups is 1. The molecule has 0 aromatic rings. The smallest absolute Gasteiger partial charge is 0.339 e. The first-order valence-corrected chi connectivity index (χ1v) is 6.59. The van der Waals surface area contributed by atoms with Crippen molar-refractivity contribution in [3.63, 3.8) is 0 Å². The Hall–Kier alpha value is -0.610. The summed E-state index contributed by atoms with van der Waals surface area (Å²) >= 11 is 4.16. The van der Waals surface area contributed by atoms with Gasteiger partial charge in [-0.05, 0) is 18.9 Å². The summed E-state index contributed by atoms with van der Waals surface area (Å²) in [4.78, 5) is 12.5. The summed E-state index contributed by atoms with van der Waals surface area (Å²) in [5.74, 6) is -0.243. The van der Waals surface area contributed by atoms with E-state index in [0.717, 1.165) is 16.9 Å². The van der Waals surface area contributed by atoms with Crippen LogP contribution in [0.3, 0.4) is 0 Å². The van der Waals surface area contributed by atoms with Gasteiger partial charge in [0, 0.05) is 11.3 Å². The molecule has 0 spiro atoms. The standard InChI is InChI=1S/C11H14O2S2/c1-3-5-9(15-14)10-8(4-2)6-7-13-11(10)12/h3-4,14H,1,5-7H2,2H3/b8-4-,10-9-. The summed E-state index contributed by atoms with van der Waals surface area (Å²) in [5, 5.41) is 0. The van der Waals surface area contributed by atoms with Gasteiger partial charge < -0.3 is 4.74 Å². The number of hydrogen-bond donors (Lipinski definition) is 1. The third-order valence-electron chi connectivity index (χ3n) is 2.20. The van der Waals surface area contributed by atoms with Crippen LogP contribution in [0.25, 0.3) is 0 Å². The van der Waals surface area contributed by atoms with Crippen molar-refractivity contribution < 1.29 is 9.53 Å². The molecule has 0 bridgehead atoms. The van der Waals surface area contributed by atoms with Gasteiger partial charge in [-0.1, -0.05) is 22.9 Å². The van der Waals surface area contributed by atoms with Gasteiger partial charge in [0.1, 0.15) is 0 Å². The number of esters is 1. The molecule has 4 heteroatoms. The van der Waals surface area contributed by atoms with Gasteiger partial charge in [-0.2, -0.15) is 0 Å². The largest absolute Gasteiger partial charge is 0.462 e. The summed E-state index contributed by atoms with van der Waals surface area (Å²) in [6.45, 7) is 6.07. The van der Waals surface area contributed by atoms with Crippen molar-refractivity contribution in [2.75, 3.05) is 6.61 Å². The van der Waals surface area contributed by atoms with Crippen LogP contribution in [0.4, 0.5) is 0 Å². The lowest BCUT2D eigenvalue weighted by Crippen LogP contribution is -2.19. The number of hydrogen-bond acceptors (Lipinski definition) is 4. The lowest BCUT2D eigenvalue weighted by atomic mass is 9.99. The number of thiol groups is 1. The SMILES string of the molecule is C=CC/C(SS)=C1/C(=O)OCC/C1=C/C. The van der Waals surface area contributed by atoms with Crippen LogP contribution in [0.1, 0.15) is 19.8 Å². The second kappa shape index (κ2) is 6.08. The molecule has 0 aromatic heterocycles. The third kappa shape index (κ3) is 2.92. The average Bonchev–Trinajstić information content (AvgIpc) is 2.26. The zero-order valence-electron chi connectivity index (χ0n) is 8.66. The van der Waals surface area contributed by atoms with E-state index in [9.17, 15) is 4.79 Å². The lowest BCUT2D eigenvalue weighted by molar-refractivity contribution is -0.140. The van der Waals surface area contributed by atoms with Gasteiger partial charge in [-0.3, -0.25) is 0 Å². The van der Waals surface area contributed by atoms with E-state index in [0.29, 0.717) is 18.6 Å². The Kier molecular flexibility index (Phi) is 5.05. The van der Waals surface area contributed by atoms with Crippen LogP contribution in [0.2, 0.25) is 0 Å². The van der Waals surface area contributed by atoms with Crippen molar-refractivity contribution in [3.05, 3.63) is 34.8 Å². The Morgan fingerprint density at radius 1 is 1.73 bits per heavy atom. The first-order chi connectivity index (χ1) is 7.24. The molecule has 0 aliphatic carbocycles. The Bertz CT molecular complexity index is 329. The molecule has 0 amide bonds. The predicted octanol–water partition coefficient (Wildman–Crippen LogP) is 3.29. The molecule has 1 aliphatic heterocycles. The minimum absolute atomic E-state index is 0.243. The van der Waals surface area contributed by atoms with E-state index in [1.807, 2.05) is 13.0 Å². The first kappa shape index (κ1) is 12.5. The number of rotatable bonds is 3. The van der Waals surface area contributed by atoms with Crippen LogP contribution in [0, 0.1) is 0 Å². The van der Waals surface area contributed by atoms with E-state index in [-0.39, 0.29) is 5.97 Å². The van der Waals surface area contributed by atoms with Crippen molar-refractivity contribution in [1.29, 1.82) is 0 Å². The minimum Gasteiger partial charge on any atom is -0.462 e. The molecule has 82 valence electrons. The first-order valence-electron chi connectivity index (χ1n) is 4.72. The normalized spacial score (nSPS) is 22.5. The monoisotopic (exact) mass is 242 g/mol. The summed E-state index contributed by atoms with van der Waals surface area (Å²) < 4.78 is 5.03. The molecule has 1 aliphatic rings. The maximum absolute atomic E-state index is 11.6. The van der Waals surface area contributed by atoms with Crippen LogP contribution >= 0.6 is 22.5 Å². The van der Waals surface area contributed by atoms with Gasteiger partial charge >= 0.3 is 5.97 Å². The van der Waals surface area contributed by atoms with E-state index in [4.69, 9.17) is 4.74 Å². The Labute approximate surface area is 99.3 Å². The molecule has 0 unspecified atom stereocenters. The maximum atomic E-state index is 11.6. The topological polar surface area (TPSA) is 26.3 Å². The van der Waals surface area contributed by atoms with Crippen LogP contribution in [-0.2, 0) is 9.53 Å². The van der Waals surface area contributed by atoms with Crippen LogP contribution < -0.4 is 0 Å². The van der Waals surface area contributed by atoms with Gasteiger partial charge in [0.25, 0.3) is 0 Å². The fourth-order valence-corrected chi connectivity index (χ4v) is 2.48. The Morgan fingerprint density at radius 3 is 3.00 bits per heavy atom. The van der Waals surface area contributed by atoms with E-state index in [1.165, 1.54) is 10.8 Å². The number of cyclic esters (lactones) is 1. The molecule has 0 saturated carbocycles. The number of allylic oxidation sites excluding steroid dienone is 3. The van der Waals surface area contributed by atoms with Gasteiger partial charge in [0.2, 0.25) is 0 Å². The molecule has 0 atom stereocenters. The van der Waals surface area contributed by atoms with Crippen molar-refractivity contribution in [3.8, 4) is 0 Å². The second-order valence-corrected chi connectivity index (χ2v) is 4.31. The van der Waals surface area contributed by atoms with Crippen molar-refractivity contribution >= 4 is 28.4 Å². The van der Waals surface area contributed by atoms with E-state index >= 15 is 0 Å². The summed E-state index contributed by atoms with van der Waals surface area (Å²) in [7, 11) is 1.29. The molecule has 0 N–H and O–H groups in total. The zero-order chi connectivity index (χ0) is 11.3. The van der Waals surface area contributed by atoms with Gasteiger partial charge in [0.05, 0.1) is 12.2 Å². The average molecular weight is 242 g/mol. The number of ether oxygens (including phenoxy) is 1. The molecular weight excluding hydrogens is 228 g/mol. The summed E-state index contributed by atoms with van der Waals surface area (Å²) in [6.07, 6.45) is 5.16. The molecular formula is C11H14O2S2. The van der Waals surface area contributed by atoms with E-state index in [2.05, 4.69) is 18.2 Å². The summed E-state index contributed by atoms with van der Waals surface area (Å²) in [5.41, 5.74) is 1.72. The molecule has 0 radical (unpaired) electrons. The third-order valence-corrected chi connectivity index (χ3v) is 3.45. The zero-order valence-corrected chi connectivity index (χ0v) is 10.4. The van der Waals surface area contributed by atoms with Gasteiger partial charge in [0.15, 0.2) is 0 Å². The van der Waals surface area contributed by atoms with Crippen molar-refractivity contribution in [1.82, 2.24) is 0 Å². The molecule has 1 heterocycles. The second-order valence-electron chi connectivity index (χ2n) is 3.08. The fraction of sp³-hybridized carbons (Fsp3) is 0.364. The highest BCUT2D eigenvalue weighted by molar-refractivity contribution is 8.70. The van der Waals surface area contributed by atoms with Crippen LogP contribution in [0.5, 0.6) is 0 Å². The highest BCUT2D eigenvalue weighted by atomic mass is 33.1. The van der Waals surface area contributed by atoms with Crippen LogP contribution in [-0.4, -0.2) is 12.6 Å². The fourth-order valence-electron chi connectivity index (χ4n) is 1.48. The quantitative estimate of drug-likeness (QED) is 0.270. The molecule has 2 nitrogen and oxygen atoms in total. The van der Waals surface area contributed by atoms with E-state index < -0.39 is 0 Å². The maximum Gasteiger partial charge on any atom is 0.339 e. The Balaban J connectivity index is 3.13. The predicted molar refractivity (Wildman–Crippen MR) is 67.8 cm³/mol. The minimum atomic E-state index is -0.243. The summed E-state index contributed by atoms with van der Waals surface area (Å²) in [6, 6.07) is 0. The Morgan fingerprint density at radius 2 is 2.47 bits per heavy atom. The molecule has 0 aromatic carbocycles. The molecule has 1 saturated heterocycles. The van der Waals surface area contributed by atoms with Gasteiger partial charge in [-0.25, -0.2) is 4.79 Å². The molecule has 15 heavy (non-hydrogen) atoms. The van der Waals surface area contributed by atoms with Crippen LogP contribution in [0.15, 0.2) is 34.8 Å². The van der Waals surface area contributed by atoms with Crippen molar-refractivity contribution in [2.24, 2.45) is 0 Å². The molecule has 1 fully saturated rings.